The van der Waals surface area contributed by atoms with Gasteiger partial charge < -0.3 is 9.47 Å². The predicted octanol–water partition coefficient (Wildman–Crippen LogP) is 3.74. The molecule has 2 nitrogen and oxygen atoms in total. The number of halogens is 1. The van der Waals surface area contributed by atoms with E-state index in [0.717, 1.165) is 10.9 Å². The monoisotopic (exact) mass is 294 g/mol. The van der Waals surface area contributed by atoms with Crippen LogP contribution in [0.15, 0.2) is 47.0 Å². The molecule has 0 aromatic heterocycles. The Balaban J connectivity index is 1.85. The van der Waals surface area contributed by atoms with E-state index in [1.807, 2.05) is 24.3 Å². The summed E-state index contributed by atoms with van der Waals surface area (Å²) >= 11 is 3.52. The van der Waals surface area contributed by atoms with Crippen LogP contribution in [-0.2, 0) is 9.47 Å². The van der Waals surface area contributed by atoms with E-state index in [-0.39, 0.29) is 6.29 Å². The fourth-order valence-electron chi connectivity index (χ4n) is 1.59. The van der Waals surface area contributed by atoms with Crippen LogP contribution in [0.3, 0.4) is 0 Å². The van der Waals surface area contributed by atoms with Gasteiger partial charge in [-0.05, 0) is 11.6 Å². The molecule has 0 aliphatic carbocycles. The molecule has 90 valence electrons. The van der Waals surface area contributed by atoms with E-state index in [1.54, 1.807) is 0 Å². The van der Waals surface area contributed by atoms with Crippen molar-refractivity contribution in [1.82, 2.24) is 0 Å². The average Bonchev–Trinajstić information content (AvgIpc) is 2.83. The molecule has 2 rings (SSSR count). The van der Waals surface area contributed by atoms with Gasteiger partial charge in [-0.3, -0.25) is 0 Å². The van der Waals surface area contributed by atoms with Gasteiger partial charge >= 0.3 is 0 Å². The van der Waals surface area contributed by atoms with Gasteiger partial charge in [-0.2, -0.15) is 0 Å². The van der Waals surface area contributed by atoms with Gasteiger partial charge in [0.05, 0.1) is 13.2 Å². The SMILES string of the molecule is BrC(=C\c1ccccc1)/C=C/CC1OCCO1. The van der Waals surface area contributed by atoms with Crippen molar-refractivity contribution in [2.75, 3.05) is 13.2 Å². The van der Waals surface area contributed by atoms with E-state index in [9.17, 15) is 0 Å². The molecule has 0 amide bonds. The van der Waals surface area contributed by atoms with Crippen LogP contribution in [0, 0.1) is 0 Å². The summed E-state index contributed by atoms with van der Waals surface area (Å²) in [6.07, 6.45) is 6.88. The van der Waals surface area contributed by atoms with Crippen molar-refractivity contribution in [3.8, 4) is 0 Å². The maximum Gasteiger partial charge on any atom is 0.161 e. The fourth-order valence-corrected chi connectivity index (χ4v) is 2.04. The fraction of sp³-hybridized carbons (Fsp3) is 0.286. The molecule has 0 atom stereocenters. The van der Waals surface area contributed by atoms with Crippen LogP contribution in [0.2, 0.25) is 0 Å². The average molecular weight is 295 g/mol. The molecule has 0 unspecified atom stereocenters. The Kier molecular flexibility index (Phi) is 4.98. The largest absolute Gasteiger partial charge is 0.350 e. The minimum Gasteiger partial charge on any atom is -0.350 e. The normalized spacial score (nSPS) is 18.1. The number of hydrogen-bond donors (Lipinski definition) is 0. The number of hydrogen-bond acceptors (Lipinski definition) is 2. The van der Waals surface area contributed by atoms with E-state index in [0.29, 0.717) is 13.2 Å². The van der Waals surface area contributed by atoms with Crippen LogP contribution in [0.5, 0.6) is 0 Å². The molecule has 3 heteroatoms. The van der Waals surface area contributed by atoms with Gasteiger partial charge in [0.15, 0.2) is 6.29 Å². The summed E-state index contributed by atoms with van der Waals surface area (Å²) < 4.78 is 11.7. The summed E-state index contributed by atoms with van der Waals surface area (Å²) in [5.41, 5.74) is 1.18. The van der Waals surface area contributed by atoms with Crippen LogP contribution in [0.25, 0.3) is 6.08 Å². The van der Waals surface area contributed by atoms with Gasteiger partial charge in [-0.25, -0.2) is 0 Å². The highest BCUT2D eigenvalue weighted by molar-refractivity contribution is 9.12. The van der Waals surface area contributed by atoms with Gasteiger partial charge in [-0.15, -0.1) is 0 Å². The third-order valence-corrected chi connectivity index (χ3v) is 2.89. The minimum atomic E-state index is -0.0664. The zero-order valence-corrected chi connectivity index (χ0v) is 11.1. The lowest BCUT2D eigenvalue weighted by Crippen LogP contribution is -2.04. The Morgan fingerprint density at radius 1 is 1.24 bits per heavy atom. The zero-order valence-electron chi connectivity index (χ0n) is 9.51. The van der Waals surface area contributed by atoms with Crippen molar-refractivity contribution in [3.63, 3.8) is 0 Å². The Bertz CT molecular complexity index is 392. The van der Waals surface area contributed by atoms with Crippen molar-refractivity contribution in [1.29, 1.82) is 0 Å². The van der Waals surface area contributed by atoms with Gasteiger partial charge in [0.25, 0.3) is 0 Å². The van der Waals surface area contributed by atoms with Gasteiger partial charge in [-0.1, -0.05) is 58.4 Å². The third kappa shape index (κ3) is 4.46. The van der Waals surface area contributed by atoms with E-state index in [2.05, 4.69) is 40.2 Å². The molecule has 1 aliphatic heterocycles. The van der Waals surface area contributed by atoms with Crippen molar-refractivity contribution >= 4 is 22.0 Å². The first-order valence-electron chi connectivity index (χ1n) is 5.66. The van der Waals surface area contributed by atoms with Crippen LogP contribution in [-0.4, -0.2) is 19.5 Å². The number of benzene rings is 1. The van der Waals surface area contributed by atoms with Gasteiger partial charge in [0.2, 0.25) is 0 Å². The highest BCUT2D eigenvalue weighted by Crippen LogP contribution is 2.15. The molecule has 1 aromatic rings. The number of ether oxygens (including phenoxy) is 2. The van der Waals surface area contributed by atoms with Crippen molar-refractivity contribution in [2.24, 2.45) is 0 Å². The molecule has 0 bridgehead atoms. The Morgan fingerprint density at radius 2 is 1.94 bits per heavy atom. The molecule has 1 fully saturated rings. The Hall–Kier alpha value is -0.900. The molecular weight excluding hydrogens is 280 g/mol. The second-order valence-corrected chi connectivity index (χ2v) is 4.66. The highest BCUT2D eigenvalue weighted by Gasteiger charge is 2.13. The molecule has 0 saturated carbocycles. The first-order valence-corrected chi connectivity index (χ1v) is 6.46. The second kappa shape index (κ2) is 6.74. The van der Waals surface area contributed by atoms with Crippen molar-refractivity contribution in [2.45, 2.75) is 12.7 Å². The summed E-state index contributed by atoms with van der Waals surface area (Å²) in [4.78, 5) is 0. The smallest absolute Gasteiger partial charge is 0.161 e. The summed E-state index contributed by atoms with van der Waals surface area (Å²) in [6.45, 7) is 1.42. The lowest BCUT2D eigenvalue weighted by molar-refractivity contribution is -0.0380. The quantitative estimate of drug-likeness (QED) is 0.788. The first-order chi connectivity index (χ1) is 8.34. The summed E-state index contributed by atoms with van der Waals surface area (Å²) in [7, 11) is 0. The van der Waals surface area contributed by atoms with Crippen molar-refractivity contribution < 1.29 is 9.47 Å². The van der Waals surface area contributed by atoms with E-state index in [4.69, 9.17) is 9.47 Å². The molecule has 0 N–H and O–H groups in total. The number of allylic oxidation sites excluding steroid dienone is 2. The number of rotatable bonds is 4. The highest BCUT2D eigenvalue weighted by atomic mass is 79.9. The molecule has 0 spiro atoms. The van der Waals surface area contributed by atoms with Crippen LogP contribution in [0.4, 0.5) is 0 Å². The summed E-state index contributed by atoms with van der Waals surface area (Å²) in [5, 5.41) is 0. The molecule has 17 heavy (non-hydrogen) atoms. The zero-order chi connectivity index (χ0) is 11.9. The van der Waals surface area contributed by atoms with Crippen LogP contribution < -0.4 is 0 Å². The molecule has 1 heterocycles. The van der Waals surface area contributed by atoms with Crippen molar-refractivity contribution in [3.05, 3.63) is 52.5 Å². The third-order valence-electron chi connectivity index (χ3n) is 2.40. The Labute approximate surface area is 110 Å². The van der Waals surface area contributed by atoms with E-state index in [1.165, 1.54) is 5.56 Å². The van der Waals surface area contributed by atoms with Gasteiger partial charge in [0.1, 0.15) is 0 Å². The predicted molar refractivity (Wildman–Crippen MR) is 72.8 cm³/mol. The molecule has 1 aliphatic rings. The second-order valence-electron chi connectivity index (χ2n) is 3.75. The molecule has 1 saturated heterocycles. The molecule has 1 aromatic carbocycles. The summed E-state index contributed by atoms with van der Waals surface area (Å²) in [6, 6.07) is 10.2. The van der Waals surface area contributed by atoms with E-state index < -0.39 is 0 Å². The summed E-state index contributed by atoms with van der Waals surface area (Å²) in [5.74, 6) is 0. The minimum absolute atomic E-state index is 0.0664. The lowest BCUT2D eigenvalue weighted by atomic mass is 10.2. The standard InChI is InChI=1S/C14H15BrO2/c15-13(11-12-5-2-1-3-6-12)7-4-8-14-16-9-10-17-14/h1-7,11,14H,8-10H2/b7-4+,13-11-. The first kappa shape index (κ1) is 12.6. The van der Waals surface area contributed by atoms with E-state index >= 15 is 0 Å². The Morgan fingerprint density at radius 3 is 2.65 bits per heavy atom. The van der Waals surface area contributed by atoms with Crippen LogP contribution in [0.1, 0.15) is 12.0 Å². The molecular formula is C14H15BrO2. The lowest BCUT2D eigenvalue weighted by Gasteiger charge is -2.03. The maximum absolute atomic E-state index is 5.34. The maximum atomic E-state index is 5.34. The molecule has 0 radical (unpaired) electrons. The topological polar surface area (TPSA) is 18.5 Å². The van der Waals surface area contributed by atoms with Crippen LogP contribution >= 0.6 is 15.9 Å². The van der Waals surface area contributed by atoms with Gasteiger partial charge in [0, 0.05) is 10.9 Å².